The van der Waals surface area contributed by atoms with E-state index in [1.54, 1.807) is 12.1 Å². The molecule has 2 N–H and O–H groups in total. The van der Waals surface area contributed by atoms with Crippen LogP contribution in [0.3, 0.4) is 0 Å². The molecule has 2 heterocycles. The van der Waals surface area contributed by atoms with E-state index in [1.165, 1.54) is 24.5 Å². The molecule has 0 aliphatic rings. The minimum atomic E-state index is -4.39. The molecule has 0 fully saturated rings. The quantitative estimate of drug-likeness (QED) is 0.126. The highest BCUT2D eigenvalue weighted by Crippen LogP contribution is 2.33. The molecule has 0 saturated carbocycles. The third-order valence-electron chi connectivity index (χ3n) is 6.87. The summed E-state index contributed by atoms with van der Waals surface area (Å²) in [5, 5.41) is 8.00. The lowest BCUT2D eigenvalue weighted by Gasteiger charge is -2.12. The second-order valence-corrected chi connectivity index (χ2v) is 9.86. The van der Waals surface area contributed by atoms with Crippen LogP contribution < -0.4 is 10.6 Å². The number of hydrogen-bond donors (Lipinski definition) is 2. The fraction of sp³-hybridized carbons (Fsp3) is 0.400. The Morgan fingerprint density at radius 2 is 0.875 bits per heavy atom. The Bertz CT molecular complexity index is 1290. The van der Waals surface area contributed by atoms with Crippen LogP contribution in [-0.2, 0) is 12.4 Å². The summed E-state index contributed by atoms with van der Waals surface area (Å²) in [5.41, 5.74) is 0.826. The number of nitrogens with one attached hydrogen (secondary N) is 2. The highest BCUT2D eigenvalue weighted by Gasteiger charge is 2.31. The molecule has 40 heavy (non-hydrogen) atoms. The first kappa shape index (κ1) is 29.4. The standard InChI is InChI=1S/C30H32F6N4/c31-29(32,33)21-9-11-23-25(13-17-39-27(23)19-21)37-15-7-5-3-1-2-4-6-8-16-38-26-14-18-40-28-20-22(30(34,35)36)10-12-24(26)28/h9-14,17-20H,1-8,15-16H2,(H,37,39)(H,38,40). The van der Waals surface area contributed by atoms with Crippen LogP contribution in [0.2, 0.25) is 0 Å². The topological polar surface area (TPSA) is 49.8 Å². The minimum Gasteiger partial charge on any atom is -0.384 e. The van der Waals surface area contributed by atoms with Crippen LogP contribution in [0.15, 0.2) is 60.9 Å². The average Bonchev–Trinajstić information content (AvgIpc) is 2.92. The molecule has 0 aliphatic heterocycles. The summed E-state index contributed by atoms with van der Waals surface area (Å²) in [6, 6.07) is 10.8. The van der Waals surface area contributed by atoms with Crippen LogP contribution in [0.1, 0.15) is 62.5 Å². The summed E-state index contributed by atoms with van der Waals surface area (Å²) in [4.78, 5) is 8.16. The van der Waals surface area contributed by atoms with Crippen molar-refractivity contribution in [2.45, 2.75) is 63.7 Å². The van der Waals surface area contributed by atoms with Crippen LogP contribution in [0.4, 0.5) is 37.7 Å². The van der Waals surface area contributed by atoms with Gasteiger partial charge in [-0.3, -0.25) is 9.97 Å². The maximum Gasteiger partial charge on any atom is 0.416 e. The van der Waals surface area contributed by atoms with Crippen molar-refractivity contribution < 1.29 is 26.3 Å². The van der Waals surface area contributed by atoms with Crippen LogP contribution in [0.25, 0.3) is 21.8 Å². The Morgan fingerprint density at radius 1 is 0.500 bits per heavy atom. The van der Waals surface area contributed by atoms with Crippen molar-refractivity contribution in [2.75, 3.05) is 23.7 Å². The normalized spacial score (nSPS) is 12.2. The first-order chi connectivity index (χ1) is 19.1. The number of alkyl halides is 6. The zero-order valence-corrected chi connectivity index (χ0v) is 22.0. The Labute approximate surface area is 229 Å². The monoisotopic (exact) mass is 562 g/mol. The summed E-state index contributed by atoms with van der Waals surface area (Å²) in [7, 11) is 0. The predicted molar refractivity (Wildman–Crippen MR) is 147 cm³/mol. The molecule has 0 amide bonds. The van der Waals surface area contributed by atoms with Crippen LogP contribution >= 0.6 is 0 Å². The van der Waals surface area contributed by atoms with Crippen molar-refractivity contribution in [2.24, 2.45) is 0 Å². The van der Waals surface area contributed by atoms with Gasteiger partial charge in [0.1, 0.15) is 0 Å². The van der Waals surface area contributed by atoms with Crippen molar-refractivity contribution >= 4 is 33.2 Å². The maximum absolute atomic E-state index is 12.9. The Morgan fingerprint density at radius 3 is 1.25 bits per heavy atom. The number of pyridine rings is 2. The molecule has 10 heteroatoms. The molecule has 0 saturated heterocycles. The molecule has 0 atom stereocenters. The van der Waals surface area contributed by atoms with Crippen molar-refractivity contribution in [1.82, 2.24) is 9.97 Å². The van der Waals surface area contributed by atoms with Gasteiger partial charge in [-0.25, -0.2) is 0 Å². The number of halogens is 6. The van der Waals surface area contributed by atoms with Gasteiger partial charge in [-0.15, -0.1) is 0 Å². The number of unbranched alkanes of at least 4 members (excludes halogenated alkanes) is 7. The van der Waals surface area contributed by atoms with Gasteiger partial charge in [-0.2, -0.15) is 26.3 Å². The Kier molecular flexibility index (Phi) is 9.71. The third-order valence-corrected chi connectivity index (χ3v) is 6.87. The van der Waals surface area contributed by atoms with Gasteiger partial charge < -0.3 is 10.6 Å². The third kappa shape index (κ3) is 7.99. The first-order valence-electron chi connectivity index (χ1n) is 13.5. The number of aromatic nitrogens is 2. The van der Waals surface area contributed by atoms with Gasteiger partial charge in [0.2, 0.25) is 0 Å². The molecule has 0 spiro atoms. The molecule has 4 aromatic rings. The summed E-state index contributed by atoms with van der Waals surface area (Å²) < 4.78 is 77.7. The van der Waals surface area contributed by atoms with E-state index < -0.39 is 23.5 Å². The number of anilines is 2. The second kappa shape index (κ2) is 13.2. The summed E-state index contributed by atoms with van der Waals surface area (Å²) >= 11 is 0. The SMILES string of the molecule is FC(F)(F)c1ccc2c(NCCCCCCCCCCNc3ccnc4cc(C(F)(F)F)ccc34)ccnc2c1. The van der Waals surface area contributed by atoms with E-state index in [1.807, 2.05) is 0 Å². The zero-order chi connectivity index (χ0) is 28.6. The summed E-state index contributed by atoms with van der Waals surface area (Å²) in [6.07, 6.45) is 2.87. The number of nitrogens with zero attached hydrogens (tertiary/aromatic N) is 2. The first-order valence-corrected chi connectivity index (χ1v) is 13.5. The smallest absolute Gasteiger partial charge is 0.384 e. The lowest BCUT2D eigenvalue weighted by molar-refractivity contribution is -0.138. The van der Waals surface area contributed by atoms with E-state index in [9.17, 15) is 26.3 Å². The van der Waals surface area contributed by atoms with Crippen molar-refractivity contribution in [3.8, 4) is 0 Å². The molecule has 0 unspecified atom stereocenters. The van der Waals surface area contributed by atoms with Gasteiger partial charge in [-0.05, 0) is 49.2 Å². The summed E-state index contributed by atoms with van der Waals surface area (Å²) in [6.45, 7) is 1.49. The van der Waals surface area contributed by atoms with Gasteiger partial charge in [0.15, 0.2) is 0 Å². The van der Waals surface area contributed by atoms with E-state index in [0.29, 0.717) is 21.8 Å². The van der Waals surface area contributed by atoms with E-state index in [2.05, 4.69) is 20.6 Å². The summed E-state index contributed by atoms with van der Waals surface area (Å²) in [5.74, 6) is 0. The number of benzene rings is 2. The van der Waals surface area contributed by atoms with E-state index in [-0.39, 0.29) is 0 Å². The van der Waals surface area contributed by atoms with Crippen molar-refractivity contribution in [3.63, 3.8) is 0 Å². The molecule has 0 aliphatic carbocycles. The average molecular weight is 563 g/mol. The highest BCUT2D eigenvalue weighted by molar-refractivity contribution is 5.92. The van der Waals surface area contributed by atoms with Crippen LogP contribution in [0, 0.1) is 0 Å². The van der Waals surface area contributed by atoms with Crippen molar-refractivity contribution in [3.05, 3.63) is 72.1 Å². The largest absolute Gasteiger partial charge is 0.416 e. The molecule has 0 bridgehead atoms. The fourth-order valence-electron chi connectivity index (χ4n) is 4.71. The number of hydrogen-bond acceptors (Lipinski definition) is 4. The molecule has 4 nitrogen and oxygen atoms in total. The second-order valence-electron chi connectivity index (χ2n) is 9.86. The fourth-order valence-corrected chi connectivity index (χ4v) is 4.71. The zero-order valence-electron chi connectivity index (χ0n) is 22.0. The number of rotatable bonds is 13. The number of fused-ring (bicyclic) bond motifs is 2. The maximum atomic E-state index is 12.9. The molecule has 2 aromatic carbocycles. The van der Waals surface area contributed by atoms with Gasteiger partial charge >= 0.3 is 12.4 Å². The van der Waals surface area contributed by atoms with Gasteiger partial charge in [0.05, 0.1) is 22.2 Å². The van der Waals surface area contributed by atoms with Gasteiger partial charge in [-0.1, -0.05) is 50.7 Å². The molecular weight excluding hydrogens is 530 g/mol. The van der Waals surface area contributed by atoms with Crippen LogP contribution in [-0.4, -0.2) is 23.1 Å². The van der Waals surface area contributed by atoms with Crippen molar-refractivity contribution in [1.29, 1.82) is 0 Å². The molecule has 214 valence electrons. The van der Waals surface area contributed by atoms with E-state index >= 15 is 0 Å². The predicted octanol–water partition coefficient (Wildman–Crippen LogP) is 9.47. The molecule has 0 radical (unpaired) electrons. The van der Waals surface area contributed by atoms with Gasteiger partial charge in [0, 0.05) is 47.6 Å². The molecular formula is C30H32F6N4. The van der Waals surface area contributed by atoms with Gasteiger partial charge in [0.25, 0.3) is 0 Å². The molecule has 2 aromatic heterocycles. The van der Waals surface area contributed by atoms with E-state index in [0.717, 1.165) is 100 Å². The highest BCUT2D eigenvalue weighted by atomic mass is 19.4. The van der Waals surface area contributed by atoms with E-state index in [4.69, 9.17) is 0 Å². The minimum absolute atomic E-state index is 0.323. The molecule has 4 rings (SSSR count). The Balaban J connectivity index is 1.07. The lowest BCUT2D eigenvalue weighted by atomic mass is 10.1. The Hall–Kier alpha value is -3.56. The lowest BCUT2D eigenvalue weighted by Crippen LogP contribution is -2.06. The van der Waals surface area contributed by atoms with Crippen LogP contribution in [0.5, 0.6) is 0 Å².